The summed E-state index contributed by atoms with van der Waals surface area (Å²) in [6.45, 7) is 7.88. The Kier molecular flexibility index (Phi) is 3.70. The molecule has 0 aromatic carbocycles. The molecule has 1 atom stereocenters. The highest BCUT2D eigenvalue weighted by molar-refractivity contribution is 5.52. The van der Waals surface area contributed by atoms with Crippen LogP contribution in [0.15, 0.2) is 9.59 Å². The van der Waals surface area contributed by atoms with E-state index in [4.69, 9.17) is 4.74 Å². The lowest BCUT2D eigenvalue weighted by atomic mass is 9.94. The Morgan fingerprint density at radius 2 is 1.82 bits per heavy atom. The maximum absolute atomic E-state index is 12.1. The van der Waals surface area contributed by atoms with Gasteiger partial charge in [0.1, 0.15) is 11.9 Å². The van der Waals surface area contributed by atoms with Gasteiger partial charge in [-0.25, -0.2) is 4.79 Å². The molecule has 0 bridgehead atoms. The lowest BCUT2D eigenvalue weighted by molar-refractivity contribution is -0.0662. The first-order valence-electron chi connectivity index (χ1n) is 7.17. The molecule has 1 unspecified atom stereocenters. The smallest absolute Gasteiger partial charge is 0.332 e. The SMILES string of the molecule is Cn1c(NC2CC(C)(C)OC2(C)C)c(C#N)c(=O)n(C)c1=O. The molecule has 1 aliphatic heterocycles. The fourth-order valence-electron chi connectivity index (χ4n) is 3.07. The molecule has 0 amide bonds. The Morgan fingerprint density at radius 1 is 1.23 bits per heavy atom. The average Bonchev–Trinajstić information content (AvgIpc) is 2.61. The number of nitrogens with zero attached hydrogens (tertiary/aromatic N) is 3. The topological polar surface area (TPSA) is 89.1 Å². The van der Waals surface area contributed by atoms with E-state index in [9.17, 15) is 14.9 Å². The van der Waals surface area contributed by atoms with E-state index in [2.05, 4.69) is 5.32 Å². The van der Waals surface area contributed by atoms with Crippen LogP contribution in [-0.2, 0) is 18.8 Å². The van der Waals surface area contributed by atoms with Crippen molar-refractivity contribution in [1.82, 2.24) is 9.13 Å². The monoisotopic (exact) mass is 306 g/mol. The first kappa shape index (κ1) is 16.3. The summed E-state index contributed by atoms with van der Waals surface area (Å²) in [5, 5.41) is 12.5. The van der Waals surface area contributed by atoms with Crippen molar-refractivity contribution < 1.29 is 4.74 Å². The number of hydrogen-bond acceptors (Lipinski definition) is 5. The van der Waals surface area contributed by atoms with Gasteiger partial charge in [0.25, 0.3) is 5.56 Å². The maximum Gasteiger partial charge on any atom is 0.332 e. The number of rotatable bonds is 2. The molecule has 2 rings (SSSR count). The summed E-state index contributed by atoms with van der Waals surface area (Å²) in [7, 11) is 2.90. The average molecular weight is 306 g/mol. The highest BCUT2D eigenvalue weighted by Gasteiger charge is 2.46. The molecule has 0 saturated carbocycles. The predicted octanol–water partition coefficient (Wildman–Crippen LogP) is 0.714. The third-order valence-electron chi connectivity index (χ3n) is 4.16. The van der Waals surface area contributed by atoms with Crippen LogP contribution in [0.3, 0.4) is 0 Å². The fraction of sp³-hybridized carbons (Fsp3) is 0.667. The second-order valence-corrected chi connectivity index (χ2v) is 6.91. The summed E-state index contributed by atoms with van der Waals surface area (Å²) in [5.74, 6) is 0.245. The van der Waals surface area contributed by atoms with Gasteiger partial charge in [-0.05, 0) is 34.1 Å². The van der Waals surface area contributed by atoms with Crippen molar-refractivity contribution in [2.45, 2.75) is 51.4 Å². The van der Waals surface area contributed by atoms with Gasteiger partial charge in [-0.1, -0.05) is 0 Å². The minimum atomic E-state index is -0.593. The largest absolute Gasteiger partial charge is 0.367 e. The van der Waals surface area contributed by atoms with Crippen LogP contribution in [0.1, 0.15) is 39.7 Å². The first-order valence-corrected chi connectivity index (χ1v) is 7.17. The van der Waals surface area contributed by atoms with Gasteiger partial charge in [0.15, 0.2) is 5.56 Å². The van der Waals surface area contributed by atoms with Gasteiger partial charge in [0, 0.05) is 14.1 Å². The molecule has 0 spiro atoms. The van der Waals surface area contributed by atoms with E-state index in [0.29, 0.717) is 6.42 Å². The van der Waals surface area contributed by atoms with Crippen molar-refractivity contribution in [3.05, 3.63) is 26.4 Å². The molecule has 1 N–H and O–H groups in total. The summed E-state index contributed by atoms with van der Waals surface area (Å²) in [6, 6.07) is 1.78. The molecule has 2 heterocycles. The minimum absolute atomic E-state index is 0.0647. The minimum Gasteiger partial charge on any atom is -0.367 e. The zero-order valence-electron chi connectivity index (χ0n) is 13.9. The van der Waals surface area contributed by atoms with E-state index >= 15 is 0 Å². The van der Waals surface area contributed by atoms with E-state index < -0.39 is 16.9 Å². The summed E-state index contributed by atoms with van der Waals surface area (Å²) in [5.41, 5.74) is -1.92. The lowest BCUT2D eigenvalue weighted by Gasteiger charge is -2.29. The van der Waals surface area contributed by atoms with Crippen molar-refractivity contribution in [2.75, 3.05) is 5.32 Å². The third-order valence-corrected chi connectivity index (χ3v) is 4.16. The summed E-state index contributed by atoms with van der Waals surface area (Å²) < 4.78 is 8.23. The number of nitrogens with one attached hydrogen (secondary N) is 1. The zero-order chi connectivity index (χ0) is 16.9. The van der Waals surface area contributed by atoms with Crippen molar-refractivity contribution in [3.8, 4) is 6.07 Å². The van der Waals surface area contributed by atoms with Crippen LogP contribution >= 0.6 is 0 Å². The van der Waals surface area contributed by atoms with Gasteiger partial charge in [-0.3, -0.25) is 13.9 Å². The molecular weight excluding hydrogens is 284 g/mol. The first-order chi connectivity index (χ1) is 10.00. The molecule has 7 heteroatoms. The summed E-state index contributed by atoms with van der Waals surface area (Å²) >= 11 is 0. The van der Waals surface area contributed by atoms with Crippen LogP contribution in [-0.4, -0.2) is 26.4 Å². The van der Waals surface area contributed by atoms with Gasteiger partial charge in [0.05, 0.1) is 17.2 Å². The van der Waals surface area contributed by atoms with E-state index in [1.807, 2.05) is 33.8 Å². The molecule has 7 nitrogen and oxygen atoms in total. The summed E-state index contributed by atoms with van der Waals surface area (Å²) in [4.78, 5) is 24.2. The Hall–Kier alpha value is -2.07. The second-order valence-electron chi connectivity index (χ2n) is 6.91. The van der Waals surface area contributed by atoms with Gasteiger partial charge < -0.3 is 10.1 Å². The van der Waals surface area contributed by atoms with Crippen LogP contribution in [0.25, 0.3) is 0 Å². The van der Waals surface area contributed by atoms with E-state index in [0.717, 1.165) is 4.57 Å². The van der Waals surface area contributed by atoms with Gasteiger partial charge in [0.2, 0.25) is 0 Å². The Bertz CT molecular complexity index is 765. The molecule has 0 radical (unpaired) electrons. The van der Waals surface area contributed by atoms with Gasteiger partial charge >= 0.3 is 5.69 Å². The molecule has 22 heavy (non-hydrogen) atoms. The maximum atomic E-state index is 12.1. The molecule has 1 aliphatic rings. The fourth-order valence-corrected chi connectivity index (χ4v) is 3.07. The molecule has 1 aromatic heterocycles. The van der Waals surface area contributed by atoms with E-state index in [1.165, 1.54) is 11.6 Å². The number of ether oxygens (including phenoxy) is 1. The highest BCUT2D eigenvalue weighted by Crippen LogP contribution is 2.38. The van der Waals surface area contributed by atoms with Crippen molar-refractivity contribution in [1.29, 1.82) is 5.26 Å². The lowest BCUT2D eigenvalue weighted by Crippen LogP contribution is -2.44. The standard InChI is InChI=1S/C15H22N4O3/c1-14(2)7-10(15(3,4)22-14)17-11-9(8-16)12(20)19(6)13(21)18(11)5/h10,17H,7H2,1-6H3. The van der Waals surface area contributed by atoms with Crippen LogP contribution in [0.2, 0.25) is 0 Å². The molecule has 0 aliphatic carbocycles. The molecule has 1 fully saturated rings. The normalized spacial score (nSPS) is 22.3. The number of anilines is 1. The van der Waals surface area contributed by atoms with E-state index in [1.54, 1.807) is 7.05 Å². The van der Waals surface area contributed by atoms with Crippen LogP contribution in [0, 0.1) is 11.3 Å². The predicted molar refractivity (Wildman–Crippen MR) is 82.9 cm³/mol. The van der Waals surface area contributed by atoms with Crippen LogP contribution < -0.4 is 16.6 Å². The quantitative estimate of drug-likeness (QED) is 0.869. The molecule has 120 valence electrons. The van der Waals surface area contributed by atoms with Gasteiger partial charge in [-0.2, -0.15) is 5.26 Å². The highest BCUT2D eigenvalue weighted by atomic mass is 16.5. The van der Waals surface area contributed by atoms with Crippen molar-refractivity contribution in [3.63, 3.8) is 0 Å². The Labute approximate surface area is 129 Å². The van der Waals surface area contributed by atoms with Gasteiger partial charge in [-0.15, -0.1) is 0 Å². The zero-order valence-corrected chi connectivity index (χ0v) is 13.9. The number of nitriles is 1. The Morgan fingerprint density at radius 3 is 2.27 bits per heavy atom. The Balaban J connectivity index is 2.54. The molecule has 1 aromatic rings. The molecular formula is C15H22N4O3. The van der Waals surface area contributed by atoms with E-state index in [-0.39, 0.29) is 23.0 Å². The summed E-state index contributed by atoms with van der Waals surface area (Å²) in [6.07, 6.45) is 0.703. The van der Waals surface area contributed by atoms with Crippen molar-refractivity contribution in [2.24, 2.45) is 14.1 Å². The number of hydrogen-bond donors (Lipinski definition) is 1. The van der Waals surface area contributed by atoms with Crippen LogP contribution in [0.4, 0.5) is 5.82 Å². The van der Waals surface area contributed by atoms with Crippen LogP contribution in [0.5, 0.6) is 0 Å². The molecule has 1 saturated heterocycles. The second kappa shape index (κ2) is 4.99. The number of aromatic nitrogens is 2. The third kappa shape index (κ3) is 2.55. The van der Waals surface area contributed by atoms with Crippen molar-refractivity contribution >= 4 is 5.82 Å².